The highest BCUT2D eigenvalue weighted by atomic mass is 28.4. The van der Waals surface area contributed by atoms with Gasteiger partial charge in [0.25, 0.3) is 11.8 Å². The van der Waals surface area contributed by atoms with Gasteiger partial charge in [-0.05, 0) is 100 Å². The number of nitrogens with one attached hydrogen (secondary N) is 2. The number of amides is 2. The summed E-state index contributed by atoms with van der Waals surface area (Å²) < 4.78 is 34.8. The van der Waals surface area contributed by atoms with Crippen LogP contribution in [-0.4, -0.2) is 55.9 Å². The minimum absolute atomic E-state index is 0.302. The summed E-state index contributed by atoms with van der Waals surface area (Å²) in [5, 5.41) is 5.70. The van der Waals surface area contributed by atoms with Crippen molar-refractivity contribution >= 4 is 40.8 Å². The lowest BCUT2D eigenvalue weighted by atomic mass is 10.1. The van der Waals surface area contributed by atoms with Crippen molar-refractivity contribution in [1.29, 1.82) is 0 Å². The Balaban J connectivity index is 1.55. The average molecular weight is 613 g/mol. The van der Waals surface area contributed by atoms with E-state index in [1.165, 1.54) is 0 Å². The molecule has 3 aromatic carbocycles. The summed E-state index contributed by atoms with van der Waals surface area (Å²) in [6.07, 6.45) is 0. The second kappa shape index (κ2) is 15.6. The highest BCUT2D eigenvalue weighted by Crippen LogP contribution is 2.23. The molecule has 42 heavy (non-hydrogen) atoms. The third-order valence-corrected chi connectivity index (χ3v) is 10.3. The van der Waals surface area contributed by atoms with Crippen LogP contribution in [0.15, 0.2) is 72.8 Å². The molecule has 0 fully saturated rings. The molecule has 0 bridgehead atoms. The molecule has 0 aliphatic rings. The van der Waals surface area contributed by atoms with Crippen LogP contribution in [0.5, 0.6) is 11.5 Å². The van der Waals surface area contributed by atoms with Crippen molar-refractivity contribution in [2.24, 2.45) is 0 Å². The van der Waals surface area contributed by atoms with Crippen LogP contribution in [0.1, 0.15) is 48.4 Å². The predicted octanol–water partition coefficient (Wildman–Crippen LogP) is 6.23. The molecule has 226 valence electrons. The van der Waals surface area contributed by atoms with E-state index in [1.54, 1.807) is 72.8 Å². The first-order valence-electron chi connectivity index (χ1n) is 14.0. The number of carbonyl (C=O) groups is 2. The molecule has 12 heteroatoms. The van der Waals surface area contributed by atoms with E-state index in [2.05, 4.69) is 10.6 Å². The first-order chi connectivity index (χ1) is 20.1. The fourth-order valence-electron chi connectivity index (χ4n) is 4.07. The number of anilines is 2. The van der Waals surface area contributed by atoms with E-state index in [-0.39, 0.29) is 11.8 Å². The number of rotatable bonds is 16. The Morgan fingerprint density at radius 3 is 1.07 bits per heavy atom. The van der Waals surface area contributed by atoms with E-state index in [0.717, 1.165) is 0 Å². The number of hydrogen-bond donors (Lipinski definition) is 2. The highest BCUT2D eigenvalue weighted by molar-refractivity contribution is 6.60. The van der Waals surface area contributed by atoms with E-state index >= 15 is 0 Å². The van der Waals surface area contributed by atoms with Gasteiger partial charge in [-0.25, -0.2) is 0 Å². The van der Waals surface area contributed by atoms with Crippen molar-refractivity contribution < 1.29 is 36.1 Å². The Labute approximate surface area is 250 Å². The van der Waals surface area contributed by atoms with Gasteiger partial charge < -0.3 is 37.2 Å². The lowest BCUT2D eigenvalue weighted by Crippen LogP contribution is -2.45. The standard InChI is InChI=1S/C30H40N2O8Si2/c1-7-35-41(5,36-8-2)39-27-19-15-25(16-20-27)31-29(33)23-11-13-24(14-12-23)30(34)32-26-17-21-28(22-18-26)40-42(6,37-9-3)38-10-4/h11-22H,7-10H2,1-6H3,(H,31,33)(H,32,34). The topological polar surface area (TPSA) is 114 Å². The van der Waals surface area contributed by atoms with Crippen LogP contribution in [0.4, 0.5) is 11.4 Å². The Hall–Kier alpha value is -3.53. The van der Waals surface area contributed by atoms with Crippen LogP contribution in [0.25, 0.3) is 0 Å². The largest absolute Gasteiger partial charge is 0.562 e. The third kappa shape index (κ3) is 9.79. The summed E-state index contributed by atoms with van der Waals surface area (Å²) in [6, 6.07) is 20.4. The summed E-state index contributed by atoms with van der Waals surface area (Å²) in [7, 11) is -5.57. The summed E-state index contributed by atoms with van der Waals surface area (Å²) >= 11 is 0. The average Bonchev–Trinajstić information content (AvgIpc) is 2.95. The molecule has 0 saturated carbocycles. The normalized spacial score (nSPS) is 11.6. The van der Waals surface area contributed by atoms with Gasteiger partial charge in [0.15, 0.2) is 0 Å². The molecule has 0 radical (unpaired) electrons. The monoisotopic (exact) mass is 612 g/mol. The molecule has 0 unspecified atom stereocenters. The maximum atomic E-state index is 12.8. The summed E-state index contributed by atoms with van der Waals surface area (Å²) in [5.41, 5.74) is 2.03. The maximum absolute atomic E-state index is 12.8. The second-order valence-corrected chi connectivity index (χ2v) is 14.2. The smallest absolute Gasteiger partial charge is 0.501 e. The molecule has 0 aliphatic heterocycles. The predicted molar refractivity (Wildman–Crippen MR) is 166 cm³/mol. The minimum Gasteiger partial charge on any atom is -0.501 e. The van der Waals surface area contributed by atoms with Gasteiger partial charge in [-0.15, -0.1) is 0 Å². The van der Waals surface area contributed by atoms with Crippen LogP contribution in [0, 0.1) is 0 Å². The van der Waals surface area contributed by atoms with Gasteiger partial charge >= 0.3 is 17.6 Å². The Morgan fingerprint density at radius 2 is 0.810 bits per heavy atom. The second-order valence-electron chi connectivity index (χ2n) is 9.20. The fraction of sp³-hybridized carbons (Fsp3) is 0.333. The van der Waals surface area contributed by atoms with Crippen molar-refractivity contribution in [2.45, 2.75) is 40.8 Å². The first-order valence-corrected chi connectivity index (χ1v) is 18.4. The number of carbonyl (C=O) groups excluding carboxylic acids is 2. The zero-order valence-corrected chi connectivity index (χ0v) is 27.0. The van der Waals surface area contributed by atoms with E-state index in [0.29, 0.717) is 60.4 Å². The molecule has 0 atom stereocenters. The minimum atomic E-state index is -2.78. The molecule has 0 spiro atoms. The van der Waals surface area contributed by atoms with Crippen molar-refractivity contribution in [3.63, 3.8) is 0 Å². The van der Waals surface area contributed by atoms with E-state index in [4.69, 9.17) is 26.6 Å². The van der Waals surface area contributed by atoms with Gasteiger partial charge in [0.1, 0.15) is 11.5 Å². The summed E-state index contributed by atoms with van der Waals surface area (Å²) in [6.45, 7) is 13.2. The maximum Gasteiger partial charge on any atom is 0.562 e. The van der Waals surface area contributed by atoms with Gasteiger partial charge in [-0.2, -0.15) is 0 Å². The molecular formula is C30H40N2O8Si2. The zero-order chi connectivity index (χ0) is 30.6. The van der Waals surface area contributed by atoms with Gasteiger partial charge in [0.05, 0.1) is 0 Å². The van der Waals surface area contributed by atoms with Crippen LogP contribution in [-0.2, 0) is 17.7 Å². The lowest BCUT2D eigenvalue weighted by Gasteiger charge is -2.25. The molecule has 10 nitrogen and oxygen atoms in total. The molecule has 0 aliphatic carbocycles. The Kier molecular flexibility index (Phi) is 12.3. The molecule has 0 saturated heterocycles. The van der Waals surface area contributed by atoms with Crippen molar-refractivity contribution in [1.82, 2.24) is 0 Å². The number of benzene rings is 3. The molecule has 0 heterocycles. The lowest BCUT2D eigenvalue weighted by molar-refractivity contribution is 0.101. The van der Waals surface area contributed by atoms with Gasteiger partial charge in [0.2, 0.25) is 0 Å². The number of hydrogen-bond acceptors (Lipinski definition) is 8. The SMILES string of the molecule is CCO[Si](C)(OCC)Oc1ccc(NC(=O)c2ccc(C(=O)Nc3ccc(O[Si](C)(OCC)OCC)cc3)cc2)cc1. The van der Waals surface area contributed by atoms with Crippen molar-refractivity contribution in [3.05, 3.63) is 83.9 Å². The Morgan fingerprint density at radius 1 is 0.524 bits per heavy atom. The van der Waals surface area contributed by atoms with E-state index in [1.807, 2.05) is 40.8 Å². The molecule has 2 N–H and O–H groups in total. The molecule has 3 rings (SSSR count). The molecular weight excluding hydrogens is 573 g/mol. The summed E-state index contributed by atoms with van der Waals surface area (Å²) in [4.78, 5) is 25.6. The van der Waals surface area contributed by atoms with Gasteiger partial charge in [-0.1, -0.05) is 0 Å². The quantitative estimate of drug-likeness (QED) is 0.183. The van der Waals surface area contributed by atoms with Crippen LogP contribution < -0.4 is 19.5 Å². The summed E-state index contributed by atoms with van der Waals surface area (Å²) in [5.74, 6) is 0.586. The van der Waals surface area contributed by atoms with E-state index < -0.39 is 17.6 Å². The molecule has 3 aromatic rings. The van der Waals surface area contributed by atoms with Gasteiger partial charge in [0, 0.05) is 62.0 Å². The molecule has 2 amide bonds. The van der Waals surface area contributed by atoms with Crippen LogP contribution in [0.2, 0.25) is 13.1 Å². The fourth-order valence-corrected chi connectivity index (χ4v) is 7.70. The Bertz CT molecular complexity index is 1180. The van der Waals surface area contributed by atoms with Crippen molar-refractivity contribution in [2.75, 3.05) is 37.1 Å². The van der Waals surface area contributed by atoms with E-state index in [9.17, 15) is 9.59 Å². The van der Waals surface area contributed by atoms with Gasteiger partial charge in [-0.3, -0.25) is 9.59 Å². The first kappa shape index (κ1) is 33.0. The van der Waals surface area contributed by atoms with Crippen LogP contribution in [0.3, 0.4) is 0 Å². The van der Waals surface area contributed by atoms with Crippen LogP contribution >= 0.6 is 0 Å². The zero-order valence-electron chi connectivity index (χ0n) is 25.0. The van der Waals surface area contributed by atoms with Crippen molar-refractivity contribution in [3.8, 4) is 11.5 Å². The highest BCUT2D eigenvalue weighted by Gasteiger charge is 2.37. The third-order valence-electron chi connectivity index (χ3n) is 5.87. The molecule has 0 aromatic heterocycles.